The van der Waals surface area contributed by atoms with Crippen molar-refractivity contribution in [1.29, 1.82) is 0 Å². The Hall–Kier alpha value is -1.40. The summed E-state index contributed by atoms with van der Waals surface area (Å²) in [5, 5.41) is 4.31. The molecule has 0 aliphatic carbocycles. The zero-order valence-electron chi connectivity index (χ0n) is 11.6. The molecule has 0 aromatic carbocycles. The normalized spacial score (nSPS) is 17.6. The Kier molecular flexibility index (Phi) is 4.21. The van der Waals surface area contributed by atoms with Crippen LogP contribution in [-0.4, -0.2) is 41.4 Å². The monoisotopic (exact) mass is 268 g/mol. The van der Waals surface area contributed by atoms with Crippen molar-refractivity contribution in [2.24, 2.45) is 0 Å². The van der Waals surface area contributed by atoms with Crippen LogP contribution in [0, 0.1) is 6.92 Å². The number of rotatable bonds is 5. The van der Waals surface area contributed by atoms with Crippen LogP contribution in [0.1, 0.15) is 36.3 Å². The first-order valence-electron chi connectivity index (χ1n) is 6.53. The van der Waals surface area contributed by atoms with Crippen molar-refractivity contribution < 1.29 is 19.0 Å². The van der Waals surface area contributed by atoms with Crippen molar-refractivity contribution in [3.05, 3.63) is 17.5 Å². The van der Waals surface area contributed by atoms with Crippen molar-refractivity contribution in [2.75, 3.05) is 19.8 Å². The molecule has 6 nitrogen and oxygen atoms in total. The lowest BCUT2D eigenvalue weighted by atomic mass is 10.2. The van der Waals surface area contributed by atoms with Gasteiger partial charge in [-0.05, 0) is 20.8 Å². The average molecular weight is 268 g/mol. The van der Waals surface area contributed by atoms with Crippen LogP contribution in [0.15, 0.2) is 6.20 Å². The van der Waals surface area contributed by atoms with Gasteiger partial charge in [-0.15, -0.1) is 0 Å². The van der Waals surface area contributed by atoms with E-state index in [2.05, 4.69) is 5.10 Å². The molecule has 19 heavy (non-hydrogen) atoms. The number of hydrogen-bond donors (Lipinski definition) is 0. The molecule has 1 aliphatic rings. The van der Waals surface area contributed by atoms with E-state index in [-0.39, 0.29) is 5.97 Å². The number of ether oxygens (including phenoxy) is 3. The van der Waals surface area contributed by atoms with Gasteiger partial charge in [0.05, 0.1) is 25.5 Å². The van der Waals surface area contributed by atoms with Gasteiger partial charge < -0.3 is 14.2 Å². The van der Waals surface area contributed by atoms with Crippen LogP contribution >= 0.6 is 0 Å². The number of aryl methyl sites for hydroxylation is 2. The van der Waals surface area contributed by atoms with Gasteiger partial charge in [-0.2, -0.15) is 5.10 Å². The number of aromatic nitrogens is 2. The summed E-state index contributed by atoms with van der Waals surface area (Å²) in [6, 6.07) is 0. The van der Waals surface area contributed by atoms with Crippen molar-refractivity contribution in [3.63, 3.8) is 0 Å². The van der Waals surface area contributed by atoms with Gasteiger partial charge in [0, 0.05) is 19.2 Å². The molecule has 1 aromatic rings. The topological polar surface area (TPSA) is 62.6 Å². The fraction of sp³-hybridized carbons (Fsp3) is 0.692. The highest BCUT2D eigenvalue weighted by Crippen LogP contribution is 2.23. The van der Waals surface area contributed by atoms with Gasteiger partial charge in [0.1, 0.15) is 5.56 Å². The van der Waals surface area contributed by atoms with Crippen molar-refractivity contribution >= 4 is 5.97 Å². The van der Waals surface area contributed by atoms with Crippen LogP contribution in [0.5, 0.6) is 0 Å². The van der Waals surface area contributed by atoms with E-state index >= 15 is 0 Å². The predicted molar refractivity (Wildman–Crippen MR) is 67.8 cm³/mol. The molecule has 1 saturated heterocycles. The third-order valence-corrected chi connectivity index (χ3v) is 3.13. The molecule has 1 aromatic heterocycles. The quantitative estimate of drug-likeness (QED) is 0.758. The molecule has 0 atom stereocenters. The summed E-state index contributed by atoms with van der Waals surface area (Å²) in [5.74, 6) is -0.866. The van der Waals surface area contributed by atoms with Gasteiger partial charge in [0.2, 0.25) is 0 Å². The van der Waals surface area contributed by atoms with Gasteiger partial charge in [-0.3, -0.25) is 4.68 Å². The lowest BCUT2D eigenvalue weighted by Gasteiger charge is -2.21. The zero-order valence-corrected chi connectivity index (χ0v) is 11.6. The zero-order chi connectivity index (χ0) is 13.9. The molecule has 0 N–H and O–H groups in total. The minimum Gasteiger partial charge on any atom is -0.462 e. The fourth-order valence-electron chi connectivity index (χ4n) is 2.06. The number of carbonyl (C=O) groups is 1. The summed E-state index contributed by atoms with van der Waals surface area (Å²) < 4.78 is 17.8. The highest BCUT2D eigenvalue weighted by Gasteiger charge is 2.30. The number of nitrogens with zero attached hydrogens (tertiary/aromatic N) is 2. The fourth-order valence-corrected chi connectivity index (χ4v) is 2.06. The van der Waals surface area contributed by atoms with Crippen LogP contribution in [0.4, 0.5) is 0 Å². The summed E-state index contributed by atoms with van der Waals surface area (Å²) in [7, 11) is 0. The minimum absolute atomic E-state index is 0.328. The molecule has 0 radical (unpaired) electrons. The third kappa shape index (κ3) is 3.33. The Morgan fingerprint density at radius 3 is 2.84 bits per heavy atom. The lowest BCUT2D eigenvalue weighted by Crippen LogP contribution is -2.27. The summed E-state index contributed by atoms with van der Waals surface area (Å²) in [5.41, 5.74) is 1.19. The number of esters is 1. The van der Waals surface area contributed by atoms with Gasteiger partial charge in [-0.25, -0.2) is 4.79 Å². The summed E-state index contributed by atoms with van der Waals surface area (Å²) in [6.45, 7) is 7.76. The SMILES string of the molecule is CCOC(=O)c1cn(CCC2(C)OCCO2)nc1C. The molecule has 6 heteroatoms. The van der Waals surface area contributed by atoms with Crippen LogP contribution in [0.3, 0.4) is 0 Å². The summed E-state index contributed by atoms with van der Waals surface area (Å²) in [4.78, 5) is 11.7. The molecule has 2 rings (SSSR count). The van der Waals surface area contributed by atoms with Crippen LogP contribution in [-0.2, 0) is 20.8 Å². The van der Waals surface area contributed by atoms with E-state index in [1.807, 2.05) is 6.92 Å². The molecule has 0 amide bonds. The molecule has 0 bridgehead atoms. The van der Waals surface area contributed by atoms with Gasteiger partial charge in [0.25, 0.3) is 0 Å². The van der Waals surface area contributed by atoms with E-state index in [1.54, 1.807) is 24.7 Å². The second-order valence-electron chi connectivity index (χ2n) is 4.69. The maximum absolute atomic E-state index is 11.7. The first-order chi connectivity index (χ1) is 9.04. The molecule has 1 fully saturated rings. The minimum atomic E-state index is -0.538. The number of carbonyl (C=O) groups excluding carboxylic acids is 1. The van der Waals surface area contributed by atoms with E-state index in [0.717, 1.165) is 0 Å². The van der Waals surface area contributed by atoms with Crippen LogP contribution in [0.25, 0.3) is 0 Å². The van der Waals surface area contributed by atoms with Gasteiger partial charge >= 0.3 is 5.97 Å². The maximum atomic E-state index is 11.7. The highest BCUT2D eigenvalue weighted by molar-refractivity contribution is 5.90. The smallest absolute Gasteiger partial charge is 0.341 e. The molecule has 0 unspecified atom stereocenters. The van der Waals surface area contributed by atoms with Crippen molar-refractivity contribution in [2.45, 2.75) is 39.5 Å². The van der Waals surface area contributed by atoms with Gasteiger partial charge in [-0.1, -0.05) is 0 Å². The first kappa shape index (κ1) is 14.0. The molecule has 0 spiro atoms. The standard InChI is InChI=1S/C13H20N2O4/c1-4-17-12(16)11-9-15(14-10(11)2)6-5-13(3)18-7-8-19-13/h9H,4-8H2,1-3H3. The second kappa shape index (κ2) is 5.71. The van der Waals surface area contributed by atoms with Crippen LogP contribution < -0.4 is 0 Å². The molecule has 1 aliphatic heterocycles. The maximum Gasteiger partial charge on any atom is 0.341 e. The first-order valence-corrected chi connectivity index (χ1v) is 6.53. The lowest BCUT2D eigenvalue weighted by molar-refractivity contribution is -0.148. The average Bonchev–Trinajstić information content (AvgIpc) is 2.94. The Morgan fingerprint density at radius 2 is 2.21 bits per heavy atom. The summed E-state index contributed by atoms with van der Waals surface area (Å²) >= 11 is 0. The summed E-state index contributed by atoms with van der Waals surface area (Å²) in [6.07, 6.45) is 2.40. The predicted octanol–water partition coefficient (Wildman–Crippen LogP) is 1.52. The van der Waals surface area contributed by atoms with E-state index in [9.17, 15) is 4.79 Å². The second-order valence-corrected chi connectivity index (χ2v) is 4.69. The molecular weight excluding hydrogens is 248 g/mol. The Balaban J connectivity index is 1.98. The highest BCUT2D eigenvalue weighted by atomic mass is 16.7. The Morgan fingerprint density at radius 1 is 1.53 bits per heavy atom. The third-order valence-electron chi connectivity index (χ3n) is 3.13. The van der Waals surface area contributed by atoms with Gasteiger partial charge in [0.15, 0.2) is 5.79 Å². The molecule has 2 heterocycles. The van der Waals surface area contributed by atoms with E-state index in [1.165, 1.54) is 0 Å². The molecular formula is C13H20N2O4. The Labute approximate surface area is 112 Å². The van der Waals surface area contributed by atoms with Crippen LogP contribution in [0.2, 0.25) is 0 Å². The van der Waals surface area contributed by atoms with E-state index in [0.29, 0.717) is 44.0 Å². The largest absolute Gasteiger partial charge is 0.462 e. The molecule has 106 valence electrons. The van der Waals surface area contributed by atoms with E-state index < -0.39 is 5.79 Å². The Bertz CT molecular complexity index is 449. The van der Waals surface area contributed by atoms with Crippen molar-refractivity contribution in [1.82, 2.24) is 9.78 Å². The molecule has 0 saturated carbocycles. The van der Waals surface area contributed by atoms with Crippen molar-refractivity contribution in [3.8, 4) is 0 Å². The number of hydrogen-bond acceptors (Lipinski definition) is 5. The van der Waals surface area contributed by atoms with E-state index in [4.69, 9.17) is 14.2 Å².